The van der Waals surface area contributed by atoms with Gasteiger partial charge in [-0.05, 0) is 31.9 Å². The molecule has 1 heteroatoms. The molecule has 0 N–H and O–H groups in total. The Balaban J connectivity index is 4.87. The predicted molar refractivity (Wildman–Crippen MR) is 74.4 cm³/mol. The lowest BCUT2D eigenvalue weighted by Gasteiger charge is -2.12. The van der Waals surface area contributed by atoms with Crippen molar-refractivity contribution < 1.29 is 0 Å². The molecule has 0 nitrogen and oxygen atoms in total. The third-order valence-electron chi connectivity index (χ3n) is 2.04. The van der Waals surface area contributed by atoms with E-state index < -0.39 is 0 Å². The van der Waals surface area contributed by atoms with Crippen LogP contribution < -0.4 is 0 Å². The Morgan fingerprint density at radius 1 is 1.07 bits per heavy atom. The van der Waals surface area contributed by atoms with Crippen molar-refractivity contribution in [1.29, 1.82) is 0 Å². The van der Waals surface area contributed by atoms with E-state index in [0.29, 0.717) is 0 Å². The Kier molecular flexibility index (Phi) is 8.02. The zero-order valence-electron chi connectivity index (χ0n) is 9.70. The van der Waals surface area contributed by atoms with Gasteiger partial charge in [0.1, 0.15) is 0 Å². The van der Waals surface area contributed by atoms with Crippen LogP contribution in [0, 0.1) is 0 Å². The third kappa shape index (κ3) is 4.98. The molecule has 0 aromatic carbocycles. The largest absolute Gasteiger partial charge is 0.0991 e. The van der Waals surface area contributed by atoms with Gasteiger partial charge in [0, 0.05) is 0 Å². The van der Waals surface area contributed by atoms with Crippen molar-refractivity contribution in [1.82, 2.24) is 0 Å². The van der Waals surface area contributed by atoms with E-state index in [2.05, 4.69) is 46.8 Å². The number of hydrogen-bond donors (Lipinski definition) is 0. The molecule has 0 saturated carbocycles. The molecule has 0 bridgehead atoms. The van der Waals surface area contributed by atoms with E-state index in [1.54, 1.807) is 6.08 Å². The van der Waals surface area contributed by atoms with E-state index >= 15 is 0 Å². The fourth-order valence-corrected chi connectivity index (χ4v) is 2.05. The molecule has 0 aliphatic rings. The molecule has 0 rings (SSSR count). The maximum Gasteiger partial charge on any atom is 0.0638 e. The molecule has 0 radical (unpaired) electrons. The maximum absolute atomic E-state index is 3.69. The Hall–Kier alpha value is -0.820. The summed E-state index contributed by atoms with van der Waals surface area (Å²) in [5, 5.41) is 0. The first kappa shape index (κ1) is 14.2. The van der Waals surface area contributed by atoms with Crippen LogP contribution in [0.2, 0.25) is 0 Å². The summed E-state index contributed by atoms with van der Waals surface area (Å²) in [5.74, 6) is 0. The summed E-state index contributed by atoms with van der Waals surface area (Å²) in [4.78, 5) is 0.250. The van der Waals surface area contributed by atoms with E-state index in [4.69, 9.17) is 0 Å². The van der Waals surface area contributed by atoms with Gasteiger partial charge in [-0.1, -0.05) is 65.0 Å². The average molecular weight is 267 g/mol. The fourth-order valence-electron chi connectivity index (χ4n) is 1.22. The number of hydrogen-bond acceptors (Lipinski definition) is 0. The highest BCUT2D eigenvalue weighted by Crippen LogP contribution is 2.23. The van der Waals surface area contributed by atoms with Crippen molar-refractivity contribution in [2.24, 2.45) is 0 Å². The average Bonchev–Trinajstić information content (AvgIpc) is 2.26. The monoisotopic (exact) mass is 266 g/mol. The van der Waals surface area contributed by atoms with E-state index in [-0.39, 0.29) is 4.83 Å². The molecule has 0 aromatic heterocycles. The minimum Gasteiger partial charge on any atom is -0.0991 e. The van der Waals surface area contributed by atoms with Gasteiger partial charge in [-0.15, -0.1) is 0 Å². The predicted octanol–water partition coefficient (Wildman–Crippen LogP) is 4.96. The normalized spacial score (nSPS) is 16.3. The molecule has 0 aliphatic heterocycles. The van der Waals surface area contributed by atoms with Gasteiger partial charge in [-0.2, -0.15) is 0 Å². The molecule has 0 fully saturated rings. The first-order chi connectivity index (χ1) is 7.21. The maximum atomic E-state index is 3.69. The Morgan fingerprint density at radius 3 is 2.00 bits per heavy atom. The third-order valence-corrected chi connectivity index (χ3v) is 3.09. The van der Waals surface area contributed by atoms with E-state index in [1.165, 1.54) is 11.1 Å². The first-order valence-corrected chi connectivity index (χ1v) is 6.01. The molecule has 1 unspecified atom stereocenters. The molecule has 1 atom stereocenters. The van der Waals surface area contributed by atoms with Crippen LogP contribution in [0.5, 0.6) is 0 Å². The lowest BCUT2D eigenvalue weighted by atomic mass is 10.0. The summed E-state index contributed by atoms with van der Waals surface area (Å²) in [6, 6.07) is 0. The van der Waals surface area contributed by atoms with Gasteiger partial charge in [0.25, 0.3) is 0 Å². The van der Waals surface area contributed by atoms with Crippen LogP contribution in [0.3, 0.4) is 0 Å². The fraction of sp³-hybridized carbons (Fsp3) is 0.286. The smallest absolute Gasteiger partial charge is 0.0638 e. The van der Waals surface area contributed by atoms with Gasteiger partial charge in [0.05, 0.1) is 4.83 Å². The summed E-state index contributed by atoms with van der Waals surface area (Å²) < 4.78 is 0. The molecule has 82 valence electrons. The van der Waals surface area contributed by atoms with Crippen molar-refractivity contribution >= 4 is 15.9 Å². The Labute approximate surface area is 102 Å². The summed E-state index contributed by atoms with van der Waals surface area (Å²) in [5.41, 5.74) is 2.50. The quantitative estimate of drug-likeness (QED) is 0.487. The molecule has 0 saturated heterocycles. The second-order valence-electron chi connectivity index (χ2n) is 3.03. The molecule has 0 aromatic rings. The van der Waals surface area contributed by atoms with Crippen LogP contribution in [0.1, 0.15) is 20.8 Å². The van der Waals surface area contributed by atoms with Gasteiger partial charge in [-0.25, -0.2) is 0 Å². The summed E-state index contributed by atoms with van der Waals surface area (Å²) >= 11 is 3.69. The second-order valence-corrected chi connectivity index (χ2v) is 3.95. The molecular formula is C14H19Br. The summed E-state index contributed by atoms with van der Waals surface area (Å²) in [6.45, 7) is 9.79. The van der Waals surface area contributed by atoms with Crippen LogP contribution >= 0.6 is 15.9 Å². The van der Waals surface area contributed by atoms with E-state index in [1.807, 2.05) is 32.9 Å². The van der Waals surface area contributed by atoms with Crippen molar-refractivity contribution in [2.75, 3.05) is 0 Å². The Morgan fingerprint density at radius 2 is 1.60 bits per heavy atom. The van der Waals surface area contributed by atoms with Crippen LogP contribution in [-0.4, -0.2) is 4.83 Å². The minimum atomic E-state index is 0.250. The highest BCUT2D eigenvalue weighted by molar-refractivity contribution is 9.09. The molecule has 0 heterocycles. The number of halogens is 1. The Bertz CT molecular complexity index is 303. The number of allylic oxidation sites excluding steroid dienone is 9. The van der Waals surface area contributed by atoms with Crippen molar-refractivity contribution in [2.45, 2.75) is 25.6 Å². The van der Waals surface area contributed by atoms with Gasteiger partial charge < -0.3 is 0 Å². The molecular weight excluding hydrogens is 248 g/mol. The molecule has 0 spiro atoms. The van der Waals surface area contributed by atoms with Crippen LogP contribution in [0.15, 0.2) is 60.3 Å². The van der Waals surface area contributed by atoms with Crippen LogP contribution in [0.4, 0.5) is 0 Å². The van der Waals surface area contributed by atoms with Crippen LogP contribution in [-0.2, 0) is 0 Å². The standard InChI is InChI=1S/C14H19Br/c1-5-9-11-13(8-4)14(15)12(7-3)10-6-2/h5-11,14H,1H2,2-4H3/b10-6-,11-9-,12-7+,13-8+. The lowest BCUT2D eigenvalue weighted by Crippen LogP contribution is -2.02. The highest BCUT2D eigenvalue weighted by Gasteiger charge is 2.09. The number of rotatable bonds is 5. The van der Waals surface area contributed by atoms with Crippen molar-refractivity contribution in [3.63, 3.8) is 0 Å². The SMILES string of the molecule is C=C/C=C\C(=C/C)C(Br)C(/C=C\C)=C/C. The lowest BCUT2D eigenvalue weighted by molar-refractivity contribution is 1.23. The first-order valence-electron chi connectivity index (χ1n) is 5.09. The zero-order valence-corrected chi connectivity index (χ0v) is 11.3. The van der Waals surface area contributed by atoms with Gasteiger partial charge in [-0.3, -0.25) is 0 Å². The zero-order chi connectivity index (χ0) is 11.7. The molecule has 15 heavy (non-hydrogen) atoms. The van der Waals surface area contributed by atoms with Gasteiger partial charge in [0.2, 0.25) is 0 Å². The summed E-state index contributed by atoms with van der Waals surface area (Å²) in [6.07, 6.45) is 14.2. The second kappa shape index (κ2) is 8.49. The molecule has 0 amide bonds. The number of alkyl halides is 1. The van der Waals surface area contributed by atoms with E-state index in [9.17, 15) is 0 Å². The van der Waals surface area contributed by atoms with Crippen molar-refractivity contribution in [3.05, 3.63) is 60.3 Å². The van der Waals surface area contributed by atoms with Gasteiger partial charge in [0.15, 0.2) is 0 Å². The minimum absolute atomic E-state index is 0.250. The summed E-state index contributed by atoms with van der Waals surface area (Å²) in [7, 11) is 0. The topological polar surface area (TPSA) is 0 Å². The molecule has 0 aliphatic carbocycles. The van der Waals surface area contributed by atoms with Crippen LogP contribution in [0.25, 0.3) is 0 Å². The van der Waals surface area contributed by atoms with E-state index in [0.717, 1.165) is 0 Å². The van der Waals surface area contributed by atoms with Crippen molar-refractivity contribution in [3.8, 4) is 0 Å². The highest BCUT2D eigenvalue weighted by atomic mass is 79.9. The van der Waals surface area contributed by atoms with Gasteiger partial charge >= 0.3 is 0 Å².